The largest absolute Gasteiger partial charge is 0.494 e. The molecule has 8 nitrogen and oxygen atoms in total. The molecular weight excluding hydrogens is 394 g/mol. The van der Waals surface area contributed by atoms with Crippen LogP contribution in [0, 0.1) is 0 Å². The summed E-state index contributed by atoms with van der Waals surface area (Å²) in [5.41, 5.74) is 1.27. The van der Waals surface area contributed by atoms with Crippen molar-refractivity contribution < 1.29 is 13.9 Å². The number of nitrogens with one attached hydrogen (secondary N) is 1. The number of hydrogen-bond donors (Lipinski definition) is 1. The van der Waals surface area contributed by atoms with Crippen molar-refractivity contribution in [1.29, 1.82) is 0 Å². The Hall–Kier alpha value is -3.39. The van der Waals surface area contributed by atoms with Gasteiger partial charge in [-0.2, -0.15) is 0 Å². The van der Waals surface area contributed by atoms with Crippen LogP contribution < -0.4 is 15.0 Å². The van der Waals surface area contributed by atoms with Gasteiger partial charge in [-0.05, 0) is 42.3 Å². The zero-order valence-corrected chi connectivity index (χ0v) is 17.4. The molecule has 1 aliphatic heterocycles. The predicted octanol–water partition coefficient (Wildman–Crippen LogP) is 2.59. The summed E-state index contributed by atoms with van der Waals surface area (Å²) < 4.78 is 10.8. The molecule has 0 atom stereocenters. The van der Waals surface area contributed by atoms with E-state index in [2.05, 4.69) is 37.2 Å². The zero-order chi connectivity index (χ0) is 21.3. The van der Waals surface area contributed by atoms with E-state index in [9.17, 15) is 4.79 Å². The average molecular weight is 422 g/mol. The van der Waals surface area contributed by atoms with Crippen LogP contribution in [0.4, 0.5) is 5.95 Å². The van der Waals surface area contributed by atoms with Crippen molar-refractivity contribution in [1.82, 2.24) is 20.2 Å². The second kappa shape index (κ2) is 10.6. The second-order valence-corrected chi connectivity index (χ2v) is 7.39. The molecule has 31 heavy (non-hydrogen) atoms. The Morgan fingerprint density at radius 1 is 1.03 bits per heavy atom. The summed E-state index contributed by atoms with van der Waals surface area (Å²) >= 11 is 0. The molecule has 1 saturated heterocycles. The summed E-state index contributed by atoms with van der Waals surface area (Å²) in [7, 11) is 0. The maximum absolute atomic E-state index is 11.8. The van der Waals surface area contributed by atoms with E-state index in [4.69, 9.17) is 9.15 Å². The third-order valence-electron chi connectivity index (χ3n) is 5.16. The number of furan rings is 1. The molecule has 0 aliphatic carbocycles. The first-order chi connectivity index (χ1) is 15.3. The molecule has 162 valence electrons. The third-order valence-corrected chi connectivity index (χ3v) is 5.16. The minimum Gasteiger partial charge on any atom is -0.494 e. The van der Waals surface area contributed by atoms with Gasteiger partial charge in [0, 0.05) is 51.7 Å². The monoisotopic (exact) mass is 421 g/mol. The van der Waals surface area contributed by atoms with Gasteiger partial charge in [-0.25, -0.2) is 9.97 Å². The summed E-state index contributed by atoms with van der Waals surface area (Å²) in [6.45, 7) is 5.84. The van der Waals surface area contributed by atoms with E-state index >= 15 is 0 Å². The van der Waals surface area contributed by atoms with Gasteiger partial charge < -0.3 is 19.4 Å². The van der Waals surface area contributed by atoms with Gasteiger partial charge in [0.1, 0.15) is 5.75 Å². The van der Waals surface area contributed by atoms with Gasteiger partial charge in [0.15, 0.2) is 5.76 Å². The van der Waals surface area contributed by atoms with Crippen molar-refractivity contribution in [3.63, 3.8) is 0 Å². The normalized spacial score (nSPS) is 14.4. The molecule has 1 amide bonds. The predicted molar refractivity (Wildman–Crippen MR) is 117 cm³/mol. The van der Waals surface area contributed by atoms with Crippen molar-refractivity contribution in [2.24, 2.45) is 0 Å². The topological polar surface area (TPSA) is 83.7 Å². The highest BCUT2D eigenvalue weighted by Gasteiger charge is 2.18. The van der Waals surface area contributed by atoms with Crippen molar-refractivity contribution in [2.45, 2.75) is 13.0 Å². The molecule has 0 unspecified atom stereocenters. The molecule has 3 aromatic rings. The van der Waals surface area contributed by atoms with Crippen LogP contribution >= 0.6 is 0 Å². The molecule has 1 N–H and O–H groups in total. The van der Waals surface area contributed by atoms with Crippen molar-refractivity contribution in [3.8, 4) is 5.75 Å². The van der Waals surface area contributed by atoms with Gasteiger partial charge in [0.2, 0.25) is 5.95 Å². The number of hydrogen-bond acceptors (Lipinski definition) is 7. The summed E-state index contributed by atoms with van der Waals surface area (Å²) in [6, 6.07) is 13.4. The Kier molecular flexibility index (Phi) is 7.12. The van der Waals surface area contributed by atoms with Crippen LogP contribution in [0.3, 0.4) is 0 Å². The third kappa shape index (κ3) is 6.05. The van der Waals surface area contributed by atoms with Gasteiger partial charge in [0.05, 0.1) is 12.9 Å². The number of rotatable bonds is 9. The molecule has 2 aromatic heterocycles. The highest BCUT2D eigenvalue weighted by atomic mass is 16.5. The van der Waals surface area contributed by atoms with Crippen LogP contribution in [0.5, 0.6) is 5.75 Å². The molecule has 1 aromatic carbocycles. The molecule has 0 spiro atoms. The van der Waals surface area contributed by atoms with Gasteiger partial charge in [-0.3, -0.25) is 9.69 Å². The number of carbonyl (C=O) groups excluding carboxylic acids is 1. The maximum Gasteiger partial charge on any atom is 0.286 e. The summed E-state index contributed by atoms with van der Waals surface area (Å²) in [6.07, 6.45) is 5.79. The van der Waals surface area contributed by atoms with E-state index in [0.29, 0.717) is 18.9 Å². The van der Waals surface area contributed by atoms with E-state index in [1.54, 1.807) is 24.5 Å². The Bertz CT molecular complexity index is 924. The minimum atomic E-state index is -0.202. The number of aromatic nitrogens is 2. The van der Waals surface area contributed by atoms with Crippen LogP contribution in [-0.4, -0.2) is 60.1 Å². The van der Waals surface area contributed by atoms with Crippen molar-refractivity contribution >= 4 is 11.9 Å². The fourth-order valence-corrected chi connectivity index (χ4v) is 3.47. The highest BCUT2D eigenvalue weighted by Crippen LogP contribution is 2.16. The van der Waals surface area contributed by atoms with Crippen LogP contribution in [0.25, 0.3) is 0 Å². The molecule has 0 bridgehead atoms. The molecule has 0 saturated carbocycles. The zero-order valence-electron chi connectivity index (χ0n) is 17.4. The standard InChI is InChI=1S/C23H27N5O3/c29-22(21-4-1-16-31-21)24-11-3-17-30-20-7-5-19(6-8-20)18-27-12-14-28(15-13-27)23-25-9-2-10-26-23/h1-2,4-10,16H,3,11-15,17-18H2,(H,24,29). The van der Waals surface area contributed by atoms with Crippen LogP contribution in [-0.2, 0) is 6.54 Å². The number of amides is 1. The smallest absolute Gasteiger partial charge is 0.286 e. The fraction of sp³-hybridized carbons (Fsp3) is 0.348. The Balaban J connectivity index is 1.13. The van der Waals surface area contributed by atoms with Gasteiger partial charge in [0.25, 0.3) is 5.91 Å². The maximum atomic E-state index is 11.8. The van der Waals surface area contributed by atoms with E-state index in [-0.39, 0.29) is 5.91 Å². The summed E-state index contributed by atoms with van der Waals surface area (Å²) in [4.78, 5) is 25.1. The van der Waals surface area contributed by atoms with Gasteiger partial charge in [-0.1, -0.05) is 12.1 Å². The van der Waals surface area contributed by atoms with Gasteiger partial charge in [-0.15, -0.1) is 0 Å². The molecular formula is C23H27N5O3. The van der Waals surface area contributed by atoms with Crippen molar-refractivity contribution in [2.75, 3.05) is 44.2 Å². The Labute approximate surface area is 181 Å². The summed E-state index contributed by atoms with van der Waals surface area (Å²) in [5.74, 6) is 1.77. The lowest BCUT2D eigenvalue weighted by Crippen LogP contribution is -2.46. The minimum absolute atomic E-state index is 0.202. The SMILES string of the molecule is O=C(NCCCOc1ccc(CN2CCN(c3ncccn3)CC2)cc1)c1ccco1. The van der Waals surface area contributed by atoms with E-state index < -0.39 is 0 Å². The molecule has 1 fully saturated rings. The number of benzene rings is 1. The summed E-state index contributed by atoms with van der Waals surface area (Å²) in [5, 5.41) is 2.81. The van der Waals surface area contributed by atoms with Crippen LogP contribution in [0.2, 0.25) is 0 Å². The van der Waals surface area contributed by atoms with E-state index in [1.165, 1.54) is 11.8 Å². The fourth-order valence-electron chi connectivity index (χ4n) is 3.47. The first-order valence-electron chi connectivity index (χ1n) is 10.6. The van der Waals surface area contributed by atoms with Crippen LogP contribution in [0.15, 0.2) is 65.5 Å². The lowest BCUT2D eigenvalue weighted by Gasteiger charge is -2.34. The highest BCUT2D eigenvalue weighted by molar-refractivity contribution is 5.91. The number of nitrogens with zero attached hydrogens (tertiary/aromatic N) is 4. The Morgan fingerprint density at radius 3 is 2.52 bits per heavy atom. The lowest BCUT2D eigenvalue weighted by molar-refractivity contribution is 0.0924. The number of carbonyl (C=O) groups is 1. The molecule has 1 aliphatic rings. The quantitative estimate of drug-likeness (QED) is 0.532. The first kappa shape index (κ1) is 20.9. The number of anilines is 1. The average Bonchev–Trinajstić information content (AvgIpc) is 3.36. The second-order valence-electron chi connectivity index (χ2n) is 7.39. The molecule has 8 heteroatoms. The first-order valence-corrected chi connectivity index (χ1v) is 10.6. The molecule has 3 heterocycles. The van der Waals surface area contributed by atoms with E-state index in [0.717, 1.165) is 50.8 Å². The molecule has 0 radical (unpaired) electrons. The van der Waals surface area contributed by atoms with Gasteiger partial charge >= 0.3 is 0 Å². The number of piperazine rings is 1. The lowest BCUT2D eigenvalue weighted by atomic mass is 10.2. The Morgan fingerprint density at radius 2 is 1.81 bits per heavy atom. The van der Waals surface area contributed by atoms with Crippen molar-refractivity contribution in [3.05, 3.63) is 72.4 Å². The van der Waals surface area contributed by atoms with E-state index in [1.807, 2.05) is 18.2 Å². The molecule has 4 rings (SSSR count). The number of ether oxygens (including phenoxy) is 1. The van der Waals surface area contributed by atoms with Crippen LogP contribution in [0.1, 0.15) is 22.5 Å².